The Morgan fingerprint density at radius 1 is 1.50 bits per heavy atom. The van der Waals surface area contributed by atoms with Crippen LogP contribution in [0.4, 0.5) is 0 Å². The molecule has 1 aromatic heterocycles. The largest absolute Gasteiger partial charge is 0.315 e. The zero-order chi connectivity index (χ0) is 10.4. The van der Waals surface area contributed by atoms with Crippen LogP contribution in [0.1, 0.15) is 13.8 Å². The first-order valence-electron chi connectivity index (χ1n) is 4.75. The van der Waals surface area contributed by atoms with Gasteiger partial charge >= 0.3 is 0 Å². The van der Waals surface area contributed by atoms with E-state index in [-0.39, 0.29) is 0 Å². The highest BCUT2D eigenvalue weighted by molar-refractivity contribution is 7.98. The first-order valence-corrected chi connectivity index (χ1v) is 5.97. The molecule has 0 aliphatic rings. The van der Waals surface area contributed by atoms with Gasteiger partial charge in [0.2, 0.25) is 5.16 Å². The van der Waals surface area contributed by atoms with Crippen molar-refractivity contribution in [3.63, 3.8) is 0 Å². The van der Waals surface area contributed by atoms with Crippen LogP contribution in [0.2, 0.25) is 0 Å². The van der Waals surface area contributed by atoms with Gasteiger partial charge in [0.15, 0.2) is 0 Å². The first-order chi connectivity index (χ1) is 6.74. The van der Waals surface area contributed by atoms with Crippen LogP contribution in [0.15, 0.2) is 5.16 Å². The quantitative estimate of drug-likeness (QED) is 0.557. The molecule has 0 aliphatic carbocycles. The van der Waals surface area contributed by atoms with Crippen LogP contribution < -0.4 is 5.32 Å². The normalized spacial score (nSPS) is 11.1. The number of hydrogen-bond acceptors (Lipinski definition) is 5. The number of hydrogen-bond donors (Lipinski definition) is 1. The molecule has 80 valence electrons. The summed E-state index contributed by atoms with van der Waals surface area (Å²) in [6.45, 7) is 7.16. The third-order valence-corrected chi connectivity index (χ3v) is 2.39. The molecule has 0 amide bonds. The topological polar surface area (TPSA) is 55.6 Å². The summed E-state index contributed by atoms with van der Waals surface area (Å²) in [5.41, 5.74) is 0. The molecule has 0 saturated carbocycles. The van der Waals surface area contributed by atoms with Crippen LogP contribution in [-0.4, -0.2) is 39.6 Å². The summed E-state index contributed by atoms with van der Waals surface area (Å²) in [6, 6.07) is 0. The Morgan fingerprint density at radius 2 is 2.29 bits per heavy atom. The summed E-state index contributed by atoms with van der Waals surface area (Å²) < 4.78 is 1.82. The smallest absolute Gasteiger partial charge is 0.209 e. The number of rotatable bonds is 6. The second-order valence-electron chi connectivity index (χ2n) is 3.49. The molecule has 6 heteroatoms. The molecule has 0 radical (unpaired) electrons. The Kier molecular flexibility index (Phi) is 4.89. The third-order valence-electron chi connectivity index (χ3n) is 1.73. The molecule has 0 atom stereocenters. The summed E-state index contributed by atoms with van der Waals surface area (Å²) >= 11 is 1.57. The van der Waals surface area contributed by atoms with Crippen LogP contribution in [0, 0.1) is 5.92 Å². The van der Waals surface area contributed by atoms with Gasteiger partial charge in [-0.3, -0.25) is 0 Å². The van der Waals surface area contributed by atoms with Gasteiger partial charge in [-0.1, -0.05) is 25.6 Å². The van der Waals surface area contributed by atoms with Gasteiger partial charge in [-0.05, 0) is 29.1 Å². The standard InChI is InChI=1S/C8H17N5S/c1-7(2)6-9-4-5-13-8(14-3)10-11-12-13/h7,9H,4-6H2,1-3H3. The lowest BCUT2D eigenvalue weighted by Crippen LogP contribution is -2.24. The minimum absolute atomic E-state index is 0.684. The monoisotopic (exact) mass is 215 g/mol. The van der Waals surface area contributed by atoms with E-state index in [4.69, 9.17) is 0 Å². The second-order valence-corrected chi connectivity index (χ2v) is 4.26. The van der Waals surface area contributed by atoms with Crippen LogP contribution in [0.3, 0.4) is 0 Å². The van der Waals surface area contributed by atoms with E-state index in [1.165, 1.54) is 0 Å². The van der Waals surface area contributed by atoms with E-state index in [1.54, 1.807) is 11.8 Å². The summed E-state index contributed by atoms with van der Waals surface area (Å²) in [5.74, 6) is 0.684. The van der Waals surface area contributed by atoms with Gasteiger partial charge in [0, 0.05) is 6.54 Å². The Balaban J connectivity index is 2.24. The van der Waals surface area contributed by atoms with Gasteiger partial charge < -0.3 is 5.32 Å². The Labute approximate surface area is 88.6 Å². The van der Waals surface area contributed by atoms with Crippen LogP contribution in [-0.2, 0) is 6.54 Å². The minimum atomic E-state index is 0.684. The van der Waals surface area contributed by atoms with E-state index >= 15 is 0 Å². The van der Waals surface area contributed by atoms with Crippen LogP contribution >= 0.6 is 11.8 Å². The molecule has 1 aromatic rings. The first kappa shape index (κ1) is 11.5. The summed E-state index contributed by atoms with van der Waals surface area (Å²) in [5, 5.41) is 15.6. The summed E-state index contributed by atoms with van der Waals surface area (Å²) in [6.07, 6.45) is 1.98. The molecule has 5 nitrogen and oxygen atoms in total. The molecule has 0 saturated heterocycles. The minimum Gasteiger partial charge on any atom is -0.315 e. The average molecular weight is 215 g/mol. The highest BCUT2D eigenvalue weighted by Gasteiger charge is 2.02. The van der Waals surface area contributed by atoms with Gasteiger partial charge in [-0.2, -0.15) is 0 Å². The maximum Gasteiger partial charge on any atom is 0.209 e. The summed E-state index contributed by atoms with van der Waals surface area (Å²) in [4.78, 5) is 0. The van der Waals surface area contributed by atoms with Crippen molar-refractivity contribution in [3.05, 3.63) is 0 Å². The lowest BCUT2D eigenvalue weighted by molar-refractivity contribution is 0.482. The van der Waals surface area contributed by atoms with Gasteiger partial charge in [0.05, 0.1) is 6.54 Å². The predicted octanol–water partition coefficient (Wildman–Crippen LogP) is 0.641. The molecule has 0 aliphatic heterocycles. The SMILES string of the molecule is CSc1nnnn1CCNCC(C)C. The molecular weight excluding hydrogens is 198 g/mol. The number of aromatic nitrogens is 4. The fourth-order valence-corrected chi connectivity index (χ4v) is 1.52. The molecule has 0 spiro atoms. The fraction of sp³-hybridized carbons (Fsp3) is 0.875. The molecule has 1 N–H and O–H groups in total. The molecule has 1 rings (SSSR count). The van der Waals surface area contributed by atoms with Gasteiger partial charge in [0.1, 0.15) is 0 Å². The maximum absolute atomic E-state index is 3.90. The number of nitrogens with one attached hydrogen (secondary N) is 1. The number of thioether (sulfide) groups is 1. The van der Waals surface area contributed by atoms with Crippen molar-refractivity contribution in [1.82, 2.24) is 25.5 Å². The van der Waals surface area contributed by atoms with Crippen LogP contribution in [0.5, 0.6) is 0 Å². The highest BCUT2D eigenvalue weighted by atomic mass is 32.2. The van der Waals surface area contributed by atoms with E-state index in [2.05, 4.69) is 34.7 Å². The average Bonchev–Trinajstić information content (AvgIpc) is 2.59. The van der Waals surface area contributed by atoms with Crippen molar-refractivity contribution in [3.8, 4) is 0 Å². The summed E-state index contributed by atoms with van der Waals surface area (Å²) in [7, 11) is 0. The van der Waals surface area contributed by atoms with E-state index < -0.39 is 0 Å². The van der Waals surface area contributed by atoms with Crippen molar-refractivity contribution in [1.29, 1.82) is 0 Å². The molecule has 0 unspecified atom stereocenters. The Morgan fingerprint density at radius 3 is 2.93 bits per heavy atom. The molecule has 0 bridgehead atoms. The van der Waals surface area contributed by atoms with Crippen molar-refractivity contribution in [2.24, 2.45) is 5.92 Å². The van der Waals surface area contributed by atoms with Crippen molar-refractivity contribution >= 4 is 11.8 Å². The van der Waals surface area contributed by atoms with E-state index in [0.29, 0.717) is 5.92 Å². The second kappa shape index (κ2) is 5.98. The highest BCUT2D eigenvalue weighted by Crippen LogP contribution is 2.07. The van der Waals surface area contributed by atoms with E-state index in [9.17, 15) is 0 Å². The fourth-order valence-electron chi connectivity index (χ4n) is 1.06. The Hall–Kier alpha value is -0.620. The van der Waals surface area contributed by atoms with E-state index in [1.807, 2.05) is 10.9 Å². The number of nitrogens with zero attached hydrogens (tertiary/aromatic N) is 4. The molecule has 14 heavy (non-hydrogen) atoms. The molecule has 0 aromatic carbocycles. The third kappa shape index (κ3) is 3.63. The molecular formula is C8H17N5S. The van der Waals surface area contributed by atoms with Crippen molar-refractivity contribution < 1.29 is 0 Å². The number of tetrazole rings is 1. The van der Waals surface area contributed by atoms with Gasteiger partial charge in [0.25, 0.3) is 0 Å². The van der Waals surface area contributed by atoms with Crippen molar-refractivity contribution in [2.75, 3.05) is 19.3 Å². The zero-order valence-electron chi connectivity index (χ0n) is 8.90. The lowest BCUT2D eigenvalue weighted by Gasteiger charge is -2.07. The van der Waals surface area contributed by atoms with Crippen molar-refractivity contribution in [2.45, 2.75) is 25.5 Å². The lowest BCUT2D eigenvalue weighted by atomic mass is 10.2. The Bertz CT molecular complexity index is 260. The van der Waals surface area contributed by atoms with Crippen LogP contribution in [0.25, 0.3) is 0 Å². The predicted molar refractivity (Wildman–Crippen MR) is 57.3 cm³/mol. The van der Waals surface area contributed by atoms with Gasteiger partial charge in [-0.25, -0.2) is 4.68 Å². The van der Waals surface area contributed by atoms with E-state index in [0.717, 1.165) is 24.8 Å². The molecule has 1 heterocycles. The van der Waals surface area contributed by atoms with Gasteiger partial charge in [-0.15, -0.1) is 5.10 Å². The molecule has 0 fully saturated rings. The maximum atomic E-state index is 3.90. The zero-order valence-corrected chi connectivity index (χ0v) is 9.71.